The van der Waals surface area contributed by atoms with Crippen molar-refractivity contribution in [2.45, 2.75) is 20.3 Å². The smallest absolute Gasteiger partial charge is 0.254 e. The highest BCUT2D eigenvalue weighted by Gasteiger charge is 2.26. The van der Waals surface area contributed by atoms with E-state index in [1.165, 1.54) is 24.3 Å². The number of nitrogens with zero attached hydrogens (tertiary/aromatic N) is 6. The number of aryl methyl sites for hydroxylation is 2. The number of rotatable bonds is 3. The van der Waals surface area contributed by atoms with E-state index in [1.54, 1.807) is 14.3 Å². The van der Waals surface area contributed by atoms with Gasteiger partial charge in [0.25, 0.3) is 11.7 Å². The molecule has 3 aromatic rings. The number of hydrogen-bond acceptors (Lipinski definition) is 6. The molecule has 0 bridgehead atoms. The topological polar surface area (TPSA) is 110 Å². The molecule has 1 fully saturated rings. The summed E-state index contributed by atoms with van der Waals surface area (Å²) in [5.74, 6) is -0.0348. The molecule has 1 aromatic carbocycles. The van der Waals surface area contributed by atoms with Gasteiger partial charge >= 0.3 is 0 Å². The van der Waals surface area contributed by atoms with Crippen LogP contribution in [-0.2, 0) is 11.2 Å². The summed E-state index contributed by atoms with van der Waals surface area (Å²) in [7, 11) is 0. The number of anilines is 1. The Kier molecular flexibility index (Phi) is 5.06. The number of fused-ring (bicyclic) bond motifs is 1. The van der Waals surface area contributed by atoms with E-state index in [1.807, 2.05) is 13.8 Å². The van der Waals surface area contributed by atoms with E-state index in [9.17, 15) is 14.0 Å². The van der Waals surface area contributed by atoms with Gasteiger partial charge in [-0.15, -0.1) is 5.10 Å². The average Bonchev–Trinajstić information content (AvgIpc) is 3.11. The van der Waals surface area contributed by atoms with E-state index in [4.69, 9.17) is 5.73 Å². The van der Waals surface area contributed by atoms with Gasteiger partial charge in [-0.3, -0.25) is 9.59 Å². The van der Waals surface area contributed by atoms with Crippen molar-refractivity contribution in [2.75, 3.05) is 31.9 Å². The largest absolute Gasteiger partial charge is 0.366 e. The van der Waals surface area contributed by atoms with Gasteiger partial charge < -0.3 is 15.5 Å². The fourth-order valence-corrected chi connectivity index (χ4v) is 3.68. The van der Waals surface area contributed by atoms with Crippen LogP contribution in [0.1, 0.15) is 27.3 Å². The summed E-state index contributed by atoms with van der Waals surface area (Å²) < 4.78 is 14.6. The molecule has 1 aliphatic rings. The third-order valence-corrected chi connectivity index (χ3v) is 5.40. The second kappa shape index (κ2) is 7.69. The van der Waals surface area contributed by atoms with Gasteiger partial charge in [0.1, 0.15) is 5.82 Å². The molecule has 3 heterocycles. The summed E-state index contributed by atoms with van der Waals surface area (Å²) >= 11 is 0. The van der Waals surface area contributed by atoms with E-state index < -0.39 is 0 Å². The lowest BCUT2D eigenvalue weighted by Crippen LogP contribution is -2.51. The summed E-state index contributed by atoms with van der Waals surface area (Å²) in [5.41, 5.74) is 8.38. The molecule has 2 aromatic heterocycles. The molecule has 4 rings (SSSR count). The van der Waals surface area contributed by atoms with Gasteiger partial charge in [0, 0.05) is 48.7 Å². The molecule has 0 aliphatic carbocycles. The maximum absolute atomic E-state index is 13.1. The molecular weight excluding hydrogens is 389 g/mol. The Morgan fingerprint density at radius 1 is 1.03 bits per heavy atom. The molecule has 30 heavy (non-hydrogen) atoms. The normalized spacial score (nSPS) is 14.4. The number of hydrogen-bond donors (Lipinski definition) is 1. The van der Waals surface area contributed by atoms with Crippen molar-refractivity contribution in [3.63, 3.8) is 0 Å². The van der Waals surface area contributed by atoms with Crippen LogP contribution in [0.3, 0.4) is 0 Å². The minimum absolute atomic E-state index is 0.0377. The summed E-state index contributed by atoms with van der Waals surface area (Å²) in [6.45, 7) is 5.43. The van der Waals surface area contributed by atoms with E-state index in [0.717, 1.165) is 11.3 Å². The number of carbonyl (C=O) groups excluding carboxylic acids is 2. The van der Waals surface area contributed by atoms with E-state index in [2.05, 4.69) is 15.1 Å². The quantitative estimate of drug-likeness (QED) is 0.688. The van der Waals surface area contributed by atoms with Gasteiger partial charge in [0.05, 0.1) is 6.42 Å². The van der Waals surface area contributed by atoms with Crippen molar-refractivity contribution in [1.29, 1.82) is 0 Å². The third-order valence-electron chi connectivity index (χ3n) is 5.40. The van der Waals surface area contributed by atoms with Crippen molar-refractivity contribution in [2.24, 2.45) is 0 Å². The minimum Gasteiger partial charge on any atom is -0.366 e. The van der Waals surface area contributed by atoms with Crippen molar-refractivity contribution < 1.29 is 14.0 Å². The number of nitrogen functional groups attached to an aromatic ring is 1. The first-order chi connectivity index (χ1) is 14.3. The van der Waals surface area contributed by atoms with Crippen molar-refractivity contribution in [1.82, 2.24) is 29.4 Å². The molecule has 2 N–H and O–H groups in total. The van der Waals surface area contributed by atoms with Gasteiger partial charge in [-0.2, -0.15) is 9.50 Å². The molecule has 9 nitrogen and oxygen atoms in total. The molecule has 0 atom stereocenters. The van der Waals surface area contributed by atoms with Crippen molar-refractivity contribution in [3.8, 4) is 0 Å². The monoisotopic (exact) mass is 411 g/mol. The van der Waals surface area contributed by atoms with Gasteiger partial charge in [-0.25, -0.2) is 9.37 Å². The molecule has 1 aliphatic heterocycles. The lowest BCUT2D eigenvalue weighted by molar-refractivity contribution is -0.131. The Hall–Kier alpha value is -3.56. The Morgan fingerprint density at radius 2 is 1.67 bits per heavy atom. The first-order valence-electron chi connectivity index (χ1n) is 9.64. The molecule has 1 saturated heterocycles. The fraction of sp³-hybridized carbons (Fsp3) is 0.350. The van der Waals surface area contributed by atoms with Gasteiger partial charge in [0.2, 0.25) is 11.9 Å². The SMILES string of the molecule is Cc1nc2nc(N)nn2c(C)c1CC(=O)N1CCN(C(=O)c2ccc(F)cc2)CC1. The number of piperazine rings is 1. The Balaban J connectivity index is 1.42. The molecule has 0 saturated carbocycles. The first-order valence-corrected chi connectivity index (χ1v) is 9.64. The standard InChI is InChI=1S/C20H22FN7O2/c1-12-16(13(2)28-20(23-12)24-19(22)25-28)11-17(29)26-7-9-27(10-8-26)18(30)14-3-5-15(21)6-4-14/h3-6H,7-11H2,1-2H3,(H2,22,25). The molecule has 0 spiro atoms. The molecule has 2 amide bonds. The van der Waals surface area contributed by atoms with Crippen LogP contribution in [0.25, 0.3) is 5.78 Å². The molecule has 0 radical (unpaired) electrons. The van der Waals surface area contributed by atoms with Crippen molar-refractivity contribution >= 4 is 23.5 Å². The average molecular weight is 411 g/mol. The number of aromatic nitrogens is 4. The molecule has 156 valence electrons. The Labute approximate surface area is 172 Å². The second-order valence-corrected chi connectivity index (χ2v) is 7.30. The van der Waals surface area contributed by atoms with Gasteiger partial charge in [-0.05, 0) is 38.1 Å². The van der Waals surface area contributed by atoms with Crippen LogP contribution < -0.4 is 5.73 Å². The summed E-state index contributed by atoms with van der Waals surface area (Å²) in [6, 6.07) is 5.48. The zero-order chi connectivity index (χ0) is 21.4. The van der Waals surface area contributed by atoms with E-state index in [-0.39, 0.29) is 30.0 Å². The molecular formula is C20H22FN7O2. The van der Waals surface area contributed by atoms with E-state index >= 15 is 0 Å². The summed E-state index contributed by atoms with van der Waals surface area (Å²) in [4.78, 5) is 37.3. The number of amides is 2. The number of benzene rings is 1. The van der Waals surface area contributed by atoms with Crippen LogP contribution in [0.2, 0.25) is 0 Å². The molecule has 0 unspecified atom stereocenters. The van der Waals surface area contributed by atoms with E-state index in [0.29, 0.717) is 43.2 Å². The summed E-state index contributed by atoms with van der Waals surface area (Å²) in [6.07, 6.45) is 0.187. The van der Waals surface area contributed by atoms with Crippen molar-refractivity contribution in [3.05, 3.63) is 52.6 Å². The maximum Gasteiger partial charge on any atom is 0.254 e. The first kappa shape index (κ1) is 19.7. The maximum atomic E-state index is 13.1. The lowest BCUT2D eigenvalue weighted by Gasteiger charge is -2.35. The predicted molar refractivity (Wildman–Crippen MR) is 107 cm³/mol. The van der Waals surface area contributed by atoms with Gasteiger partial charge in [-0.1, -0.05) is 0 Å². The summed E-state index contributed by atoms with van der Waals surface area (Å²) in [5, 5.41) is 4.13. The number of carbonyl (C=O) groups is 2. The van der Waals surface area contributed by atoms with Crippen LogP contribution >= 0.6 is 0 Å². The highest BCUT2D eigenvalue weighted by molar-refractivity contribution is 5.94. The molecule has 10 heteroatoms. The second-order valence-electron chi connectivity index (χ2n) is 7.30. The van der Waals surface area contributed by atoms with Gasteiger partial charge in [0.15, 0.2) is 0 Å². The van der Waals surface area contributed by atoms with Crippen LogP contribution in [0.5, 0.6) is 0 Å². The highest BCUT2D eigenvalue weighted by Crippen LogP contribution is 2.17. The number of halogens is 1. The predicted octanol–water partition coefficient (Wildman–Crippen LogP) is 0.990. The minimum atomic E-state index is -0.381. The number of nitrogens with two attached hydrogens (primary N) is 1. The van der Waals surface area contributed by atoms with Crippen LogP contribution in [0, 0.1) is 19.7 Å². The zero-order valence-corrected chi connectivity index (χ0v) is 16.8. The lowest BCUT2D eigenvalue weighted by atomic mass is 10.1. The Bertz CT molecular complexity index is 1120. The van der Waals surface area contributed by atoms with Crippen LogP contribution in [-0.4, -0.2) is 67.4 Å². The highest BCUT2D eigenvalue weighted by atomic mass is 19.1. The zero-order valence-electron chi connectivity index (χ0n) is 16.8. The van der Waals surface area contributed by atoms with Crippen LogP contribution in [0.4, 0.5) is 10.3 Å². The fourth-order valence-electron chi connectivity index (χ4n) is 3.68. The Morgan fingerprint density at radius 3 is 2.33 bits per heavy atom. The van der Waals surface area contributed by atoms with Crippen LogP contribution in [0.15, 0.2) is 24.3 Å². The third kappa shape index (κ3) is 3.68.